The lowest BCUT2D eigenvalue weighted by Crippen LogP contribution is -2.13. The van der Waals surface area contributed by atoms with E-state index in [1.807, 2.05) is 19.1 Å². The molecular weight excluding hydrogens is 234 g/mol. The molecule has 1 heterocycles. The second kappa shape index (κ2) is 5.00. The van der Waals surface area contributed by atoms with Gasteiger partial charge in [0, 0.05) is 6.42 Å². The molecule has 0 radical (unpaired) electrons. The lowest BCUT2D eigenvalue weighted by Gasteiger charge is -2.01. The van der Waals surface area contributed by atoms with Crippen LogP contribution >= 0.6 is 0 Å². The molecule has 5 heteroatoms. The van der Waals surface area contributed by atoms with E-state index in [-0.39, 0.29) is 24.5 Å². The molecule has 0 N–H and O–H groups in total. The van der Waals surface area contributed by atoms with Crippen LogP contribution in [0.4, 0.5) is 0 Å². The molecule has 1 aromatic heterocycles. The highest BCUT2D eigenvalue weighted by Crippen LogP contribution is 2.12. The van der Waals surface area contributed by atoms with Gasteiger partial charge in [-0.25, -0.2) is 9.78 Å². The van der Waals surface area contributed by atoms with Crippen LogP contribution in [0, 0.1) is 6.92 Å². The molecule has 0 unspecified atom stereocenters. The van der Waals surface area contributed by atoms with E-state index in [2.05, 4.69) is 9.72 Å². The molecule has 0 aliphatic heterocycles. The first-order chi connectivity index (χ1) is 8.60. The van der Waals surface area contributed by atoms with E-state index in [1.165, 1.54) is 7.11 Å². The minimum atomic E-state index is -0.504. The number of benzene rings is 1. The van der Waals surface area contributed by atoms with Crippen molar-refractivity contribution >= 4 is 17.1 Å². The fraction of sp³-hybridized carbons (Fsp3) is 0.308. The Hall–Kier alpha value is -2.17. The van der Waals surface area contributed by atoms with Gasteiger partial charge in [0.15, 0.2) is 5.58 Å². The first kappa shape index (κ1) is 12.3. The van der Waals surface area contributed by atoms with Crippen LogP contribution in [-0.4, -0.2) is 18.1 Å². The number of fused-ring (bicyclic) bond motifs is 1. The fourth-order valence-electron chi connectivity index (χ4n) is 1.63. The van der Waals surface area contributed by atoms with Crippen LogP contribution in [0.1, 0.15) is 17.7 Å². The van der Waals surface area contributed by atoms with Gasteiger partial charge in [-0.05, 0) is 24.6 Å². The molecule has 0 aliphatic rings. The lowest BCUT2D eigenvalue weighted by molar-refractivity contribution is -0.140. The van der Waals surface area contributed by atoms with Crippen molar-refractivity contribution in [2.45, 2.75) is 19.8 Å². The minimum Gasteiger partial charge on any atom is -0.469 e. The van der Waals surface area contributed by atoms with Crippen LogP contribution in [0.15, 0.2) is 27.4 Å². The van der Waals surface area contributed by atoms with Crippen LogP contribution in [0.2, 0.25) is 0 Å². The standard InChI is InChI=1S/C13H13NO4/c1-8-3-5-11-10(7-8)14-9(13(16)18-11)4-6-12(15)17-2/h3,5,7H,4,6H2,1-2H3. The van der Waals surface area contributed by atoms with E-state index in [4.69, 9.17) is 4.42 Å². The second-order valence-corrected chi connectivity index (χ2v) is 4.00. The number of nitrogens with zero attached hydrogens (tertiary/aromatic N) is 1. The van der Waals surface area contributed by atoms with Crippen molar-refractivity contribution in [2.24, 2.45) is 0 Å². The zero-order valence-electron chi connectivity index (χ0n) is 10.2. The highest BCUT2D eigenvalue weighted by molar-refractivity contribution is 5.73. The average Bonchev–Trinajstić information content (AvgIpc) is 2.36. The summed E-state index contributed by atoms with van der Waals surface area (Å²) in [5.74, 6) is -0.375. The number of aromatic nitrogens is 1. The molecule has 0 saturated heterocycles. The number of esters is 1. The topological polar surface area (TPSA) is 69.4 Å². The van der Waals surface area contributed by atoms with E-state index < -0.39 is 5.63 Å². The smallest absolute Gasteiger partial charge is 0.358 e. The Morgan fingerprint density at radius 3 is 2.94 bits per heavy atom. The zero-order chi connectivity index (χ0) is 13.1. The Bertz CT molecular complexity index is 645. The predicted octanol–water partition coefficient (Wildman–Crippen LogP) is 1.60. The maximum absolute atomic E-state index is 11.6. The van der Waals surface area contributed by atoms with Crippen molar-refractivity contribution in [2.75, 3.05) is 7.11 Å². The van der Waals surface area contributed by atoms with Gasteiger partial charge in [0.05, 0.1) is 13.5 Å². The number of ether oxygens (including phenoxy) is 1. The van der Waals surface area contributed by atoms with Crippen molar-refractivity contribution in [3.8, 4) is 0 Å². The molecule has 0 spiro atoms. The first-order valence-corrected chi connectivity index (χ1v) is 5.57. The summed E-state index contributed by atoms with van der Waals surface area (Å²) in [6.45, 7) is 1.93. The van der Waals surface area contributed by atoms with E-state index in [9.17, 15) is 9.59 Å². The molecular formula is C13H13NO4. The molecule has 18 heavy (non-hydrogen) atoms. The molecule has 5 nitrogen and oxygen atoms in total. The van der Waals surface area contributed by atoms with Crippen LogP contribution in [0.25, 0.3) is 11.1 Å². The minimum absolute atomic E-state index is 0.117. The number of carbonyl (C=O) groups excluding carboxylic acids is 1. The van der Waals surface area contributed by atoms with Gasteiger partial charge in [-0.2, -0.15) is 0 Å². The number of hydrogen-bond acceptors (Lipinski definition) is 5. The van der Waals surface area contributed by atoms with Gasteiger partial charge in [0.1, 0.15) is 11.2 Å². The van der Waals surface area contributed by atoms with Gasteiger partial charge < -0.3 is 9.15 Å². The van der Waals surface area contributed by atoms with E-state index in [0.29, 0.717) is 11.1 Å². The van der Waals surface area contributed by atoms with Gasteiger partial charge in [0.25, 0.3) is 0 Å². The van der Waals surface area contributed by atoms with Crippen molar-refractivity contribution in [3.63, 3.8) is 0 Å². The van der Waals surface area contributed by atoms with E-state index in [1.54, 1.807) is 6.07 Å². The number of rotatable bonds is 3. The van der Waals surface area contributed by atoms with Crippen molar-refractivity contribution in [1.82, 2.24) is 4.98 Å². The van der Waals surface area contributed by atoms with Crippen LogP contribution in [-0.2, 0) is 16.0 Å². The van der Waals surface area contributed by atoms with Gasteiger partial charge in [0.2, 0.25) is 0 Å². The Morgan fingerprint density at radius 1 is 1.44 bits per heavy atom. The molecule has 0 saturated carbocycles. The summed E-state index contributed by atoms with van der Waals surface area (Å²) in [7, 11) is 1.31. The van der Waals surface area contributed by atoms with Crippen LogP contribution in [0.5, 0.6) is 0 Å². The monoisotopic (exact) mass is 247 g/mol. The van der Waals surface area contributed by atoms with Gasteiger partial charge in [-0.3, -0.25) is 4.79 Å². The first-order valence-electron chi connectivity index (χ1n) is 5.57. The highest BCUT2D eigenvalue weighted by Gasteiger charge is 2.09. The quantitative estimate of drug-likeness (QED) is 0.770. The highest BCUT2D eigenvalue weighted by atomic mass is 16.5. The largest absolute Gasteiger partial charge is 0.469 e. The Kier molecular flexibility index (Phi) is 3.41. The van der Waals surface area contributed by atoms with Crippen LogP contribution in [0.3, 0.4) is 0 Å². The number of hydrogen-bond donors (Lipinski definition) is 0. The van der Waals surface area contributed by atoms with Crippen molar-refractivity contribution < 1.29 is 13.9 Å². The molecule has 0 atom stereocenters. The third-order valence-corrected chi connectivity index (χ3v) is 2.60. The third-order valence-electron chi connectivity index (χ3n) is 2.60. The maximum Gasteiger partial charge on any atom is 0.358 e. The molecule has 0 amide bonds. The summed E-state index contributed by atoms with van der Waals surface area (Å²) in [5, 5.41) is 0. The predicted molar refractivity (Wildman–Crippen MR) is 65.4 cm³/mol. The SMILES string of the molecule is COC(=O)CCc1nc2cc(C)ccc2oc1=O. The molecule has 0 bridgehead atoms. The Morgan fingerprint density at radius 2 is 2.22 bits per heavy atom. The molecule has 2 rings (SSSR count). The normalized spacial score (nSPS) is 10.6. The Labute approximate surface area is 103 Å². The number of carbonyl (C=O) groups is 1. The summed E-state index contributed by atoms with van der Waals surface area (Å²) >= 11 is 0. The molecule has 0 fully saturated rings. The van der Waals surface area contributed by atoms with Gasteiger partial charge in [-0.1, -0.05) is 6.07 Å². The Balaban J connectivity index is 2.36. The van der Waals surface area contributed by atoms with Crippen molar-refractivity contribution in [3.05, 3.63) is 39.9 Å². The number of aryl methyl sites for hydroxylation is 2. The zero-order valence-corrected chi connectivity index (χ0v) is 10.2. The van der Waals surface area contributed by atoms with E-state index >= 15 is 0 Å². The lowest BCUT2D eigenvalue weighted by atomic mass is 10.2. The summed E-state index contributed by atoms with van der Waals surface area (Å²) in [6, 6.07) is 5.39. The van der Waals surface area contributed by atoms with Crippen molar-refractivity contribution in [1.29, 1.82) is 0 Å². The maximum atomic E-state index is 11.6. The van der Waals surface area contributed by atoms with Gasteiger partial charge in [-0.15, -0.1) is 0 Å². The number of methoxy groups -OCH3 is 1. The molecule has 0 aliphatic carbocycles. The van der Waals surface area contributed by atoms with E-state index in [0.717, 1.165) is 5.56 Å². The fourth-order valence-corrected chi connectivity index (χ4v) is 1.63. The average molecular weight is 247 g/mol. The molecule has 2 aromatic rings. The van der Waals surface area contributed by atoms with Crippen LogP contribution < -0.4 is 5.63 Å². The summed E-state index contributed by atoms with van der Waals surface area (Å²) in [5.41, 5.74) is 1.85. The summed E-state index contributed by atoms with van der Waals surface area (Å²) in [6.07, 6.45) is 0.338. The third kappa shape index (κ3) is 2.56. The summed E-state index contributed by atoms with van der Waals surface area (Å²) < 4.78 is 9.66. The van der Waals surface area contributed by atoms with Gasteiger partial charge >= 0.3 is 11.6 Å². The summed E-state index contributed by atoms with van der Waals surface area (Å²) in [4.78, 5) is 26.9. The molecule has 1 aromatic carbocycles. The molecule has 94 valence electrons. The second-order valence-electron chi connectivity index (χ2n) is 4.00.